The Morgan fingerprint density at radius 1 is 0.931 bits per heavy atom. The highest BCUT2D eigenvalue weighted by Crippen LogP contribution is 2.31. The number of hydrogen-bond donors (Lipinski definition) is 1. The Hall–Kier alpha value is -3.16. The van der Waals surface area contributed by atoms with Crippen LogP contribution in [0.25, 0.3) is 0 Å². The lowest BCUT2D eigenvalue weighted by Gasteiger charge is -2.22. The first kappa shape index (κ1) is 25.8. The standard InChI is InChI=1S/C18H23NO3.BF4.N2/c1-19(12-7-13-22-15-8-5-4-6-9-15)17-14-16(20-2)10-11-18(17)21-3;2-1(3,4)5;1-2/h4-6,8-11,14H,7,12-13H2,1-3H3;;/q;-1;/p+1. The van der Waals surface area contributed by atoms with E-state index in [1.54, 1.807) is 14.2 Å². The fourth-order valence-corrected chi connectivity index (χ4v) is 2.22. The maximum atomic E-state index is 9.75. The predicted molar refractivity (Wildman–Crippen MR) is 102 cm³/mol. The van der Waals surface area contributed by atoms with Gasteiger partial charge in [0.15, 0.2) is 0 Å². The molecule has 0 radical (unpaired) electrons. The van der Waals surface area contributed by atoms with Crippen molar-refractivity contribution in [3.05, 3.63) is 48.5 Å². The molecule has 0 fully saturated rings. The summed E-state index contributed by atoms with van der Waals surface area (Å²) < 4.78 is 55.4. The van der Waals surface area contributed by atoms with Crippen molar-refractivity contribution < 1.29 is 36.9 Å². The van der Waals surface area contributed by atoms with Crippen LogP contribution in [-0.2, 0) is 0 Å². The smallest absolute Gasteiger partial charge is 0.497 e. The Balaban J connectivity index is 0.000000977. The minimum atomic E-state index is -6.00. The van der Waals surface area contributed by atoms with Gasteiger partial charge in [-0.3, -0.25) is 0 Å². The molecule has 0 aliphatic rings. The Morgan fingerprint density at radius 2 is 1.52 bits per heavy atom. The van der Waals surface area contributed by atoms with Gasteiger partial charge in [-0.25, -0.2) is 0 Å². The summed E-state index contributed by atoms with van der Waals surface area (Å²) in [6, 6.07) is 15.7. The number of ether oxygens (including phenoxy) is 3. The lowest BCUT2D eigenvalue weighted by atomic mass is 10.2. The monoisotopic (exact) mass is 417 g/mol. The van der Waals surface area contributed by atoms with E-state index in [0.29, 0.717) is 6.61 Å². The number of hydrogen-bond acceptors (Lipinski definition) is 5. The third-order valence-electron chi connectivity index (χ3n) is 3.45. The van der Waals surface area contributed by atoms with Crippen molar-refractivity contribution in [3.8, 4) is 17.2 Å². The van der Waals surface area contributed by atoms with Crippen LogP contribution < -0.4 is 24.5 Å². The number of halogens is 4. The zero-order valence-corrected chi connectivity index (χ0v) is 16.4. The van der Waals surface area contributed by atoms with Gasteiger partial charge in [-0.05, 0) is 30.7 Å². The molecule has 0 saturated carbocycles. The highest BCUT2D eigenvalue weighted by Gasteiger charge is 2.20. The van der Waals surface area contributed by atoms with E-state index in [2.05, 4.69) is 4.90 Å². The molecule has 0 bridgehead atoms. The number of nitrogens with zero attached hydrogens (tertiary/aromatic N) is 2. The summed E-state index contributed by atoms with van der Waals surface area (Å²) in [6.07, 6.45) is 0.922. The van der Waals surface area contributed by atoms with Crippen LogP contribution in [0.1, 0.15) is 6.42 Å². The Labute approximate surface area is 167 Å². The minimum absolute atomic E-state index is 0.681. The second-order valence-electron chi connectivity index (χ2n) is 5.47. The van der Waals surface area contributed by atoms with E-state index in [0.717, 1.165) is 35.9 Å². The summed E-state index contributed by atoms with van der Waals surface area (Å²) in [4.78, 5) is 2.15. The van der Waals surface area contributed by atoms with Gasteiger partial charge >= 0.3 is 7.25 Å². The maximum Gasteiger partial charge on any atom is 0.673 e. The number of rotatable bonds is 8. The van der Waals surface area contributed by atoms with E-state index in [1.807, 2.05) is 55.6 Å². The highest BCUT2D eigenvalue weighted by molar-refractivity contribution is 6.50. The Bertz CT molecular complexity index is 712. The van der Waals surface area contributed by atoms with Gasteiger partial charge in [-0.1, -0.05) is 18.2 Å². The summed E-state index contributed by atoms with van der Waals surface area (Å²) in [7, 11) is -0.614. The summed E-state index contributed by atoms with van der Waals surface area (Å²) >= 11 is 0. The molecule has 0 aliphatic carbocycles. The molecule has 0 aromatic heterocycles. The molecule has 0 amide bonds. The molecule has 0 spiro atoms. The second kappa shape index (κ2) is 13.9. The Kier molecular flexibility index (Phi) is 12.4. The van der Waals surface area contributed by atoms with Gasteiger partial charge in [0.1, 0.15) is 17.2 Å². The van der Waals surface area contributed by atoms with Crippen molar-refractivity contribution in [2.75, 3.05) is 39.3 Å². The number of methoxy groups -OCH3 is 2. The fraction of sp³-hybridized carbons (Fsp3) is 0.333. The molecule has 0 unspecified atom stereocenters. The van der Waals surface area contributed by atoms with Crippen molar-refractivity contribution in [2.45, 2.75) is 6.42 Å². The largest absolute Gasteiger partial charge is 0.673 e. The van der Waals surface area contributed by atoms with Crippen LogP contribution in [0.15, 0.2) is 48.5 Å². The van der Waals surface area contributed by atoms with Crippen molar-refractivity contribution in [1.82, 2.24) is 0 Å². The quantitative estimate of drug-likeness (QED) is 0.309. The zero-order chi connectivity index (χ0) is 22.3. The third-order valence-corrected chi connectivity index (χ3v) is 3.45. The molecule has 0 atom stereocenters. The molecule has 2 aromatic carbocycles. The van der Waals surface area contributed by atoms with E-state index in [-0.39, 0.29) is 0 Å². The number of benzene rings is 2. The van der Waals surface area contributed by atoms with E-state index in [1.165, 1.54) is 0 Å². The molecule has 0 aliphatic heterocycles. The fourth-order valence-electron chi connectivity index (χ4n) is 2.22. The molecular formula is C18H24BF4N3O3. The average molecular weight is 417 g/mol. The first-order chi connectivity index (χ1) is 13.7. The lowest BCUT2D eigenvalue weighted by molar-refractivity contribution is -0.175. The molecular weight excluding hydrogens is 393 g/mol. The third kappa shape index (κ3) is 12.0. The molecule has 160 valence electrons. The van der Waals surface area contributed by atoms with Gasteiger partial charge in [0.2, 0.25) is 5.39 Å². The van der Waals surface area contributed by atoms with Crippen LogP contribution >= 0.6 is 0 Å². The van der Waals surface area contributed by atoms with Crippen molar-refractivity contribution >= 4 is 12.9 Å². The summed E-state index contributed by atoms with van der Waals surface area (Å²) in [5, 5.41) is 11.0. The molecule has 6 nitrogen and oxygen atoms in total. The van der Waals surface area contributed by atoms with Crippen LogP contribution in [0.5, 0.6) is 17.2 Å². The van der Waals surface area contributed by atoms with Crippen molar-refractivity contribution in [2.24, 2.45) is 0 Å². The number of nitrogens with one attached hydrogen (secondary N) is 1. The molecule has 0 saturated heterocycles. The first-order valence-corrected chi connectivity index (χ1v) is 8.45. The van der Waals surface area contributed by atoms with Gasteiger partial charge in [0.25, 0.3) is 0 Å². The second-order valence-corrected chi connectivity index (χ2v) is 5.47. The van der Waals surface area contributed by atoms with Crippen LogP contribution in [-0.4, -0.2) is 41.7 Å². The van der Waals surface area contributed by atoms with Crippen molar-refractivity contribution in [1.29, 1.82) is 5.39 Å². The maximum absolute atomic E-state index is 9.75. The highest BCUT2D eigenvalue weighted by atomic mass is 19.5. The van der Waals surface area contributed by atoms with E-state index in [9.17, 15) is 17.3 Å². The normalized spacial score (nSPS) is 9.83. The van der Waals surface area contributed by atoms with Gasteiger partial charge in [-0.2, -0.15) is 0 Å². The van der Waals surface area contributed by atoms with Crippen LogP contribution in [0, 0.1) is 5.39 Å². The van der Waals surface area contributed by atoms with Gasteiger partial charge in [-0.15, -0.1) is 0 Å². The number of diazo groups is 1. The zero-order valence-electron chi connectivity index (χ0n) is 16.4. The molecule has 0 heterocycles. The first-order valence-electron chi connectivity index (χ1n) is 8.45. The number of anilines is 1. The summed E-state index contributed by atoms with van der Waals surface area (Å²) in [5.74, 6) is 2.57. The van der Waals surface area contributed by atoms with Gasteiger partial charge in [0.05, 0.1) is 31.9 Å². The average Bonchev–Trinajstić information content (AvgIpc) is 2.71. The summed E-state index contributed by atoms with van der Waals surface area (Å²) in [6.45, 7) is 1.55. The SMILES string of the molecule is COc1ccc(OC)c(N(C)CCCOc2ccccc2)c1.F[B-](F)(F)F.N#[NH+]. The van der Waals surface area contributed by atoms with E-state index < -0.39 is 7.25 Å². The summed E-state index contributed by atoms with van der Waals surface area (Å²) in [5.41, 5.74) is 1.02. The molecule has 11 heteroatoms. The number of para-hydroxylation sites is 1. The van der Waals surface area contributed by atoms with Gasteiger partial charge < -0.3 is 36.4 Å². The van der Waals surface area contributed by atoms with E-state index in [4.69, 9.17) is 25.0 Å². The predicted octanol–water partition coefficient (Wildman–Crippen LogP) is 3.19. The Morgan fingerprint density at radius 3 is 2.03 bits per heavy atom. The van der Waals surface area contributed by atoms with Crippen LogP contribution in [0.4, 0.5) is 23.0 Å². The topological polar surface area (TPSA) is 78.5 Å². The lowest BCUT2D eigenvalue weighted by Crippen LogP contribution is -2.21. The molecule has 1 N–H and O–H groups in total. The van der Waals surface area contributed by atoms with Crippen molar-refractivity contribution in [3.63, 3.8) is 0 Å². The van der Waals surface area contributed by atoms with Crippen LogP contribution in [0.2, 0.25) is 0 Å². The minimum Gasteiger partial charge on any atom is -0.497 e. The van der Waals surface area contributed by atoms with Gasteiger partial charge in [0, 0.05) is 19.7 Å². The van der Waals surface area contributed by atoms with Crippen LogP contribution in [0.3, 0.4) is 0 Å². The molecule has 2 aromatic rings. The van der Waals surface area contributed by atoms with E-state index >= 15 is 0 Å². The molecule has 29 heavy (non-hydrogen) atoms. The molecule has 2 rings (SSSR count).